The number of anilines is 2. The van der Waals surface area contributed by atoms with Crippen molar-refractivity contribution in [3.05, 3.63) is 59.7 Å². The van der Waals surface area contributed by atoms with Crippen molar-refractivity contribution in [3.63, 3.8) is 0 Å². The lowest BCUT2D eigenvalue weighted by Gasteiger charge is -2.21. The van der Waals surface area contributed by atoms with Crippen molar-refractivity contribution in [1.82, 2.24) is 10.2 Å². The molecule has 3 rings (SSSR count). The zero-order valence-electron chi connectivity index (χ0n) is 16.1. The van der Waals surface area contributed by atoms with E-state index in [4.69, 9.17) is 0 Å². The van der Waals surface area contributed by atoms with Crippen molar-refractivity contribution in [3.8, 4) is 0 Å². The number of nitrogens with zero attached hydrogens (tertiary/aromatic N) is 2. The van der Waals surface area contributed by atoms with Crippen LogP contribution in [0.3, 0.4) is 0 Å². The number of amides is 4. The predicted molar refractivity (Wildman–Crippen MR) is 108 cm³/mol. The fourth-order valence-corrected chi connectivity index (χ4v) is 3.21. The zero-order valence-corrected chi connectivity index (χ0v) is 16.1. The number of urea groups is 1. The molecule has 1 aliphatic rings. The van der Waals surface area contributed by atoms with Gasteiger partial charge >= 0.3 is 6.03 Å². The Morgan fingerprint density at radius 1 is 1.07 bits per heavy atom. The summed E-state index contributed by atoms with van der Waals surface area (Å²) in [5.74, 6) is -0.578. The van der Waals surface area contributed by atoms with Gasteiger partial charge in [-0.3, -0.25) is 14.5 Å². The van der Waals surface area contributed by atoms with Crippen LogP contribution < -0.4 is 15.5 Å². The van der Waals surface area contributed by atoms with Gasteiger partial charge in [-0.15, -0.1) is 0 Å². The molecule has 1 fully saturated rings. The Kier molecular flexibility index (Phi) is 5.93. The van der Waals surface area contributed by atoms with E-state index in [9.17, 15) is 14.4 Å². The Bertz CT molecular complexity index is 859. The van der Waals surface area contributed by atoms with E-state index in [-0.39, 0.29) is 24.9 Å². The van der Waals surface area contributed by atoms with E-state index >= 15 is 0 Å². The second-order valence-corrected chi connectivity index (χ2v) is 6.47. The van der Waals surface area contributed by atoms with Crippen LogP contribution in [0.25, 0.3) is 0 Å². The van der Waals surface area contributed by atoms with Gasteiger partial charge in [-0.25, -0.2) is 4.79 Å². The molecule has 0 radical (unpaired) electrons. The molecule has 0 saturated carbocycles. The lowest BCUT2D eigenvalue weighted by molar-refractivity contribution is -0.125. The standard InChI is InChI=1S/C21H24N4O3/c1-3-24(4-2)17-11-9-16(10-12-17)23-20(27)18-8-6-5-7-15(18)14-25-19(26)13-22-21(25)28/h5-12H,3-4,13-14H2,1-2H3,(H,22,28)(H,23,27). The van der Waals surface area contributed by atoms with E-state index in [1.54, 1.807) is 24.3 Å². The average molecular weight is 380 g/mol. The number of nitrogens with one attached hydrogen (secondary N) is 2. The minimum absolute atomic E-state index is 0.00785. The molecule has 0 aromatic heterocycles. The first-order chi connectivity index (χ1) is 13.5. The monoisotopic (exact) mass is 380 g/mol. The van der Waals surface area contributed by atoms with Gasteiger partial charge in [-0.1, -0.05) is 18.2 Å². The summed E-state index contributed by atoms with van der Waals surface area (Å²) < 4.78 is 0. The van der Waals surface area contributed by atoms with Crippen LogP contribution in [0.5, 0.6) is 0 Å². The topological polar surface area (TPSA) is 81.8 Å². The van der Waals surface area contributed by atoms with Crippen LogP contribution in [0.1, 0.15) is 29.8 Å². The summed E-state index contributed by atoms with van der Waals surface area (Å²) in [6, 6.07) is 14.2. The molecule has 1 aliphatic heterocycles. The fraction of sp³-hybridized carbons (Fsp3) is 0.286. The number of carbonyl (C=O) groups is 3. The molecule has 28 heavy (non-hydrogen) atoms. The minimum Gasteiger partial charge on any atom is -0.372 e. The van der Waals surface area contributed by atoms with Gasteiger partial charge in [0.2, 0.25) is 5.91 Å². The lowest BCUT2D eigenvalue weighted by Crippen LogP contribution is -2.31. The molecule has 0 atom stereocenters. The van der Waals surface area contributed by atoms with E-state index in [0.717, 1.165) is 23.7 Å². The number of hydrogen-bond donors (Lipinski definition) is 2. The molecule has 7 heteroatoms. The Hall–Kier alpha value is -3.35. The highest BCUT2D eigenvalue weighted by molar-refractivity contribution is 6.06. The summed E-state index contributed by atoms with van der Waals surface area (Å²) in [4.78, 5) is 39.7. The first-order valence-corrected chi connectivity index (χ1v) is 9.36. The van der Waals surface area contributed by atoms with Gasteiger partial charge in [0.1, 0.15) is 0 Å². The molecular formula is C21H24N4O3. The molecule has 0 bridgehead atoms. The summed E-state index contributed by atoms with van der Waals surface area (Å²) in [5, 5.41) is 5.37. The van der Waals surface area contributed by atoms with Crippen LogP contribution >= 0.6 is 0 Å². The van der Waals surface area contributed by atoms with E-state index < -0.39 is 6.03 Å². The maximum atomic E-state index is 12.8. The van der Waals surface area contributed by atoms with Gasteiger partial charge in [0.05, 0.1) is 13.1 Å². The van der Waals surface area contributed by atoms with Crippen molar-refractivity contribution < 1.29 is 14.4 Å². The average Bonchev–Trinajstić information content (AvgIpc) is 3.02. The maximum Gasteiger partial charge on any atom is 0.324 e. The van der Waals surface area contributed by atoms with Gasteiger partial charge in [0, 0.05) is 30.0 Å². The third-order valence-electron chi connectivity index (χ3n) is 4.78. The van der Waals surface area contributed by atoms with Crippen molar-refractivity contribution >= 4 is 29.2 Å². The zero-order chi connectivity index (χ0) is 20.1. The summed E-state index contributed by atoms with van der Waals surface area (Å²) in [7, 11) is 0. The van der Waals surface area contributed by atoms with Gasteiger partial charge in [-0.05, 0) is 49.7 Å². The number of carbonyl (C=O) groups excluding carboxylic acids is 3. The quantitative estimate of drug-likeness (QED) is 0.724. The summed E-state index contributed by atoms with van der Waals surface area (Å²) >= 11 is 0. The van der Waals surface area contributed by atoms with Crippen LogP contribution in [0.4, 0.5) is 16.2 Å². The van der Waals surface area contributed by atoms with Crippen LogP contribution in [0, 0.1) is 0 Å². The smallest absolute Gasteiger partial charge is 0.324 e. The van der Waals surface area contributed by atoms with Crippen molar-refractivity contribution in [2.45, 2.75) is 20.4 Å². The highest BCUT2D eigenvalue weighted by atomic mass is 16.2. The van der Waals surface area contributed by atoms with Crippen molar-refractivity contribution in [2.24, 2.45) is 0 Å². The van der Waals surface area contributed by atoms with E-state index in [1.165, 1.54) is 0 Å². The number of benzene rings is 2. The Labute approximate surface area is 164 Å². The molecule has 4 amide bonds. The summed E-state index contributed by atoms with van der Waals surface area (Å²) in [6.07, 6.45) is 0. The van der Waals surface area contributed by atoms with E-state index in [2.05, 4.69) is 29.4 Å². The van der Waals surface area contributed by atoms with Crippen molar-refractivity contribution in [1.29, 1.82) is 0 Å². The highest BCUT2D eigenvalue weighted by Crippen LogP contribution is 2.20. The largest absolute Gasteiger partial charge is 0.372 e. The molecule has 7 nitrogen and oxygen atoms in total. The molecule has 0 aliphatic carbocycles. The van der Waals surface area contributed by atoms with Gasteiger partial charge in [0.15, 0.2) is 0 Å². The third kappa shape index (κ3) is 4.14. The normalized spacial score (nSPS) is 13.4. The molecule has 1 heterocycles. The number of imide groups is 1. The molecule has 0 spiro atoms. The number of hydrogen-bond acceptors (Lipinski definition) is 4. The predicted octanol–water partition coefficient (Wildman–Crippen LogP) is 2.84. The molecule has 2 N–H and O–H groups in total. The Morgan fingerprint density at radius 2 is 1.75 bits per heavy atom. The molecular weight excluding hydrogens is 356 g/mol. The third-order valence-corrected chi connectivity index (χ3v) is 4.78. The maximum absolute atomic E-state index is 12.8. The van der Waals surface area contributed by atoms with Crippen molar-refractivity contribution in [2.75, 3.05) is 29.9 Å². The highest BCUT2D eigenvalue weighted by Gasteiger charge is 2.29. The summed E-state index contributed by atoms with van der Waals surface area (Å²) in [6.45, 7) is 6.08. The second-order valence-electron chi connectivity index (χ2n) is 6.47. The van der Waals surface area contributed by atoms with Crippen LogP contribution in [0.15, 0.2) is 48.5 Å². The molecule has 0 unspecified atom stereocenters. The fourth-order valence-electron chi connectivity index (χ4n) is 3.21. The molecule has 2 aromatic rings. The van der Waals surface area contributed by atoms with Crippen LogP contribution in [-0.2, 0) is 11.3 Å². The lowest BCUT2D eigenvalue weighted by atomic mass is 10.1. The molecule has 1 saturated heterocycles. The first-order valence-electron chi connectivity index (χ1n) is 9.36. The SMILES string of the molecule is CCN(CC)c1ccc(NC(=O)c2ccccc2CN2C(=O)CNC2=O)cc1. The van der Waals surface area contributed by atoms with Crippen LogP contribution in [-0.4, -0.2) is 42.4 Å². The molecule has 146 valence electrons. The summed E-state index contributed by atoms with van der Waals surface area (Å²) in [5.41, 5.74) is 2.83. The van der Waals surface area contributed by atoms with E-state index in [1.807, 2.05) is 24.3 Å². The van der Waals surface area contributed by atoms with E-state index in [0.29, 0.717) is 16.8 Å². The first kappa shape index (κ1) is 19.4. The van der Waals surface area contributed by atoms with Gasteiger partial charge < -0.3 is 15.5 Å². The Balaban J connectivity index is 1.74. The number of rotatable bonds is 7. The van der Waals surface area contributed by atoms with Gasteiger partial charge in [0.25, 0.3) is 5.91 Å². The second kappa shape index (κ2) is 8.56. The molecule has 2 aromatic carbocycles. The Morgan fingerprint density at radius 3 is 2.36 bits per heavy atom. The van der Waals surface area contributed by atoms with Gasteiger partial charge in [-0.2, -0.15) is 0 Å². The van der Waals surface area contributed by atoms with Crippen LogP contribution in [0.2, 0.25) is 0 Å². The minimum atomic E-state index is -0.438.